The number of ether oxygens (including phenoxy) is 2. The second kappa shape index (κ2) is 10.6. The van der Waals surface area contributed by atoms with Crippen LogP contribution in [0, 0.1) is 0 Å². The summed E-state index contributed by atoms with van der Waals surface area (Å²) in [5.41, 5.74) is 0.872. The largest absolute Gasteiger partial charge is 0.490 e. The lowest BCUT2D eigenvalue weighted by atomic mass is 10.2. The molecule has 1 aromatic carbocycles. The van der Waals surface area contributed by atoms with Gasteiger partial charge in [0.25, 0.3) is 0 Å². The molecule has 8 heteroatoms. The van der Waals surface area contributed by atoms with Crippen LogP contribution in [0.1, 0.15) is 17.4 Å². The van der Waals surface area contributed by atoms with Crippen LogP contribution in [0.5, 0.6) is 11.5 Å². The molecule has 2 aromatic rings. The van der Waals surface area contributed by atoms with E-state index in [4.69, 9.17) is 4.74 Å². The zero-order valence-electron chi connectivity index (χ0n) is 14.8. The maximum atomic E-state index is 12.4. The first-order valence-corrected chi connectivity index (χ1v) is 9.17. The van der Waals surface area contributed by atoms with Crippen LogP contribution in [0.15, 0.2) is 40.7 Å². The highest BCUT2D eigenvalue weighted by Gasteiger charge is 2.11. The molecule has 0 saturated heterocycles. The molecule has 26 heavy (non-hydrogen) atoms. The molecule has 0 fully saturated rings. The Morgan fingerprint density at radius 1 is 1.23 bits per heavy atom. The lowest BCUT2D eigenvalue weighted by Crippen LogP contribution is -2.37. The average molecular weight is 383 g/mol. The Hall–Kier alpha value is -2.35. The number of alkyl halides is 2. The van der Waals surface area contributed by atoms with Gasteiger partial charge >= 0.3 is 6.61 Å². The van der Waals surface area contributed by atoms with Gasteiger partial charge in [0.05, 0.1) is 6.61 Å². The van der Waals surface area contributed by atoms with E-state index in [0.717, 1.165) is 18.5 Å². The first-order valence-electron chi connectivity index (χ1n) is 8.29. The fraction of sp³-hybridized carbons (Fsp3) is 0.389. The fourth-order valence-corrected chi connectivity index (χ4v) is 3.00. The van der Waals surface area contributed by atoms with E-state index in [1.165, 1.54) is 10.9 Å². The minimum absolute atomic E-state index is 0.0315. The van der Waals surface area contributed by atoms with Crippen molar-refractivity contribution in [3.8, 4) is 11.5 Å². The molecular weight excluding hydrogens is 360 g/mol. The van der Waals surface area contributed by atoms with Crippen molar-refractivity contribution in [2.75, 3.05) is 20.2 Å². The molecule has 2 rings (SSSR count). The van der Waals surface area contributed by atoms with Crippen LogP contribution in [-0.2, 0) is 13.0 Å². The Bertz CT molecular complexity index is 694. The van der Waals surface area contributed by atoms with Gasteiger partial charge in [0.1, 0.15) is 0 Å². The quantitative estimate of drug-likeness (QED) is 0.513. The summed E-state index contributed by atoms with van der Waals surface area (Å²) >= 11 is 1.72. The van der Waals surface area contributed by atoms with Gasteiger partial charge in [0.15, 0.2) is 17.5 Å². The van der Waals surface area contributed by atoms with Crippen molar-refractivity contribution in [1.82, 2.24) is 10.6 Å². The third-order valence-corrected chi connectivity index (χ3v) is 4.39. The van der Waals surface area contributed by atoms with E-state index in [9.17, 15) is 8.78 Å². The minimum Gasteiger partial charge on any atom is -0.490 e. The Labute approximate surface area is 156 Å². The van der Waals surface area contributed by atoms with Gasteiger partial charge in [-0.05, 0) is 42.5 Å². The third-order valence-electron chi connectivity index (χ3n) is 3.45. The SMILES string of the molecule is CCOc1cc(CNC(=NC)NCCc2cccs2)ccc1OC(F)F. The second-order valence-corrected chi connectivity index (χ2v) is 6.31. The number of hydrogen-bond donors (Lipinski definition) is 2. The van der Waals surface area contributed by atoms with Crippen molar-refractivity contribution >= 4 is 17.3 Å². The number of halogens is 2. The second-order valence-electron chi connectivity index (χ2n) is 5.27. The monoisotopic (exact) mass is 383 g/mol. The highest BCUT2D eigenvalue weighted by atomic mass is 32.1. The Morgan fingerprint density at radius 3 is 2.73 bits per heavy atom. The van der Waals surface area contributed by atoms with Crippen LogP contribution in [-0.4, -0.2) is 32.8 Å². The van der Waals surface area contributed by atoms with E-state index >= 15 is 0 Å². The number of nitrogens with one attached hydrogen (secondary N) is 2. The summed E-state index contributed by atoms with van der Waals surface area (Å²) in [4.78, 5) is 5.49. The van der Waals surface area contributed by atoms with Gasteiger partial charge < -0.3 is 20.1 Å². The van der Waals surface area contributed by atoms with E-state index in [-0.39, 0.29) is 5.75 Å². The standard InChI is InChI=1S/C18H23F2N3O2S/c1-3-24-16-11-13(6-7-15(16)25-17(19)20)12-23-18(21-2)22-9-8-14-5-4-10-26-14/h4-7,10-11,17H,3,8-9,12H2,1-2H3,(H2,21,22,23). The molecule has 0 saturated carbocycles. The van der Waals surface area contributed by atoms with Crippen molar-refractivity contribution in [2.24, 2.45) is 4.99 Å². The molecule has 0 radical (unpaired) electrons. The summed E-state index contributed by atoms with van der Waals surface area (Å²) in [6, 6.07) is 9.02. The van der Waals surface area contributed by atoms with E-state index in [1.807, 2.05) is 6.07 Å². The summed E-state index contributed by atoms with van der Waals surface area (Å²) in [6.07, 6.45) is 0.923. The Balaban J connectivity index is 1.88. The Kier molecular flexibility index (Phi) is 8.14. The first-order chi connectivity index (χ1) is 12.6. The topological polar surface area (TPSA) is 54.9 Å². The van der Waals surface area contributed by atoms with Gasteiger partial charge in [-0.15, -0.1) is 11.3 Å². The van der Waals surface area contributed by atoms with Gasteiger partial charge in [-0.3, -0.25) is 4.99 Å². The summed E-state index contributed by atoms with van der Waals surface area (Å²) in [5.74, 6) is 1.00. The molecule has 0 spiro atoms. The molecule has 5 nitrogen and oxygen atoms in total. The minimum atomic E-state index is -2.88. The zero-order chi connectivity index (χ0) is 18.8. The summed E-state index contributed by atoms with van der Waals surface area (Å²) < 4.78 is 34.8. The summed E-state index contributed by atoms with van der Waals surface area (Å²) in [5, 5.41) is 8.49. The lowest BCUT2D eigenvalue weighted by Gasteiger charge is -2.14. The number of rotatable bonds is 9. The number of aliphatic imine (C=N–C) groups is 1. The number of hydrogen-bond acceptors (Lipinski definition) is 4. The number of thiophene rings is 1. The molecule has 0 atom stereocenters. The number of nitrogens with zero attached hydrogens (tertiary/aromatic N) is 1. The molecular formula is C18H23F2N3O2S. The highest BCUT2D eigenvalue weighted by Crippen LogP contribution is 2.29. The number of benzene rings is 1. The molecule has 0 aliphatic rings. The van der Waals surface area contributed by atoms with Crippen LogP contribution < -0.4 is 20.1 Å². The van der Waals surface area contributed by atoms with Crippen molar-refractivity contribution in [3.05, 3.63) is 46.2 Å². The van der Waals surface area contributed by atoms with Crippen LogP contribution in [0.4, 0.5) is 8.78 Å². The summed E-state index contributed by atoms with van der Waals surface area (Å²) in [7, 11) is 1.70. The fourth-order valence-electron chi connectivity index (χ4n) is 2.29. The molecule has 1 aromatic heterocycles. The van der Waals surface area contributed by atoms with E-state index in [0.29, 0.717) is 24.9 Å². The van der Waals surface area contributed by atoms with Gasteiger partial charge in [0.2, 0.25) is 0 Å². The van der Waals surface area contributed by atoms with Gasteiger partial charge in [-0.2, -0.15) is 8.78 Å². The molecule has 0 aliphatic carbocycles. The predicted molar refractivity (Wildman–Crippen MR) is 100 cm³/mol. The highest BCUT2D eigenvalue weighted by molar-refractivity contribution is 7.09. The predicted octanol–water partition coefficient (Wildman–Crippen LogP) is 3.66. The molecule has 2 N–H and O–H groups in total. The zero-order valence-corrected chi connectivity index (χ0v) is 15.6. The molecule has 0 aliphatic heterocycles. The van der Waals surface area contributed by atoms with Crippen molar-refractivity contribution < 1.29 is 18.3 Å². The van der Waals surface area contributed by atoms with Gasteiger partial charge in [-0.25, -0.2) is 0 Å². The van der Waals surface area contributed by atoms with Crippen LogP contribution in [0.25, 0.3) is 0 Å². The normalized spacial score (nSPS) is 11.5. The Morgan fingerprint density at radius 2 is 2.08 bits per heavy atom. The maximum Gasteiger partial charge on any atom is 0.387 e. The summed E-state index contributed by atoms with van der Waals surface area (Å²) in [6.45, 7) is 0.516. The first kappa shape index (κ1) is 20.0. The van der Waals surface area contributed by atoms with E-state index in [1.54, 1.807) is 37.4 Å². The van der Waals surface area contributed by atoms with Gasteiger partial charge in [-0.1, -0.05) is 12.1 Å². The van der Waals surface area contributed by atoms with E-state index in [2.05, 4.69) is 31.8 Å². The van der Waals surface area contributed by atoms with Crippen molar-refractivity contribution in [3.63, 3.8) is 0 Å². The molecule has 142 valence electrons. The van der Waals surface area contributed by atoms with Crippen LogP contribution >= 0.6 is 11.3 Å². The van der Waals surface area contributed by atoms with Gasteiger partial charge in [0, 0.05) is 25.0 Å². The smallest absolute Gasteiger partial charge is 0.387 e. The van der Waals surface area contributed by atoms with Crippen molar-refractivity contribution in [1.29, 1.82) is 0 Å². The van der Waals surface area contributed by atoms with Crippen LogP contribution in [0.3, 0.4) is 0 Å². The van der Waals surface area contributed by atoms with Crippen molar-refractivity contribution in [2.45, 2.75) is 26.5 Å². The van der Waals surface area contributed by atoms with Crippen LogP contribution in [0.2, 0.25) is 0 Å². The lowest BCUT2D eigenvalue weighted by molar-refractivity contribution is -0.0514. The molecule has 0 unspecified atom stereocenters. The van der Waals surface area contributed by atoms with E-state index < -0.39 is 6.61 Å². The molecule has 0 amide bonds. The number of guanidine groups is 1. The third kappa shape index (κ3) is 6.51. The maximum absolute atomic E-state index is 12.4. The molecule has 1 heterocycles. The average Bonchev–Trinajstić information content (AvgIpc) is 3.13. The molecule has 0 bridgehead atoms.